The molecule has 2 aromatic rings. The van der Waals surface area contributed by atoms with Crippen LogP contribution in [-0.4, -0.2) is 21.5 Å². The molecule has 2 heterocycles. The fourth-order valence-electron chi connectivity index (χ4n) is 1.65. The highest BCUT2D eigenvalue weighted by Crippen LogP contribution is 2.13. The molecule has 0 N–H and O–H groups in total. The summed E-state index contributed by atoms with van der Waals surface area (Å²) in [6.07, 6.45) is 5.23. The first-order valence-electron chi connectivity index (χ1n) is 5.85. The lowest BCUT2D eigenvalue weighted by molar-refractivity contribution is 0.786. The van der Waals surface area contributed by atoms with Crippen LogP contribution in [0.15, 0.2) is 36.8 Å². The van der Waals surface area contributed by atoms with Gasteiger partial charge in [0.2, 0.25) is 0 Å². The largest absolute Gasteiger partial charge is 0.350 e. The Morgan fingerprint density at radius 1 is 1.22 bits per heavy atom. The summed E-state index contributed by atoms with van der Waals surface area (Å²) in [6, 6.07) is 5.90. The average molecular weight is 263 g/mol. The average Bonchev–Trinajstić information content (AvgIpc) is 2.46. The summed E-state index contributed by atoms with van der Waals surface area (Å²) in [7, 11) is 0. The molecule has 18 heavy (non-hydrogen) atoms. The van der Waals surface area contributed by atoms with E-state index in [1.165, 1.54) is 0 Å². The molecular weight excluding hydrogens is 248 g/mol. The molecule has 0 aliphatic rings. The molecule has 0 fully saturated rings. The monoisotopic (exact) mass is 262 g/mol. The van der Waals surface area contributed by atoms with E-state index in [1.807, 2.05) is 18.2 Å². The van der Waals surface area contributed by atoms with Crippen molar-refractivity contribution in [3.63, 3.8) is 0 Å². The summed E-state index contributed by atoms with van der Waals surface area (Å²) in [4.78, 5) is 15.1. The first-order valence-corrected chi connectivity index (χ1v) is 6.38. The van der Waals surface area contributed by atoms with Gasteiger partial charge in [0, 0.05) is 18.9 Å². The van der Waals surface area contributed by atoms with Crippen LogP contribution in [0.2, 0.25) is 0 Å². The Bertz CT molecular complexity index is 489. The third-order valence-electron chi connectivity index (χ3n) is 2.59. The van der Waals surface area contributed by atoms with Crippen molar-refractivity contribution >= 4 is 17.4 Å². The lowest BCUT2D eigenvalue weighted by Crippen LogP contribution is -2.24. The van der Waals surface area contributed by atoms with Crippen LogP contribution >= 0.6 is 11.6 Å². The Hall–Kier alpha value is -1.68. The zero-order chi connectivity index (χ0) is 12.8. The molecule has 2 rings (SSSR count). The van der Waals surface area contributed by atoms with E-state index >= 15 is 0 Å². The van der Waals surface area contributed by atoms with Crippen molar-refractivity contribution in [2.24, 2.45) is 0 Å². The van der Waals surface area contributed by atoms with Crippen LogP contribution in [0.4, 0.5) is 5.82 Å². The second-order valence-corrected chi connectivity index (χ2v) is 4.10. The Morgan fingerprint density at radius 3 is 2.78 bits per heavy atom. The first kappa shape index (κ1) is 12.8. The molecule has 4 nitrogen and oxygen atoms in total. The van der Waals surface area contributed by atoms with Gasteiger partial charge in [0.05, 0.1) is 30.0 Å². The number of halogens is 1. The van der Waals surface area contributed by atoms with Gasteiger partial charge in [-0.1, -0.05) is 6.07 Å². The lowest BCUT2D eigenvalue weighted by Gasteiger charge is -2.21. The number of hydrogen-bond donors (Lipinski definition) is 0. The minimum atomic E-state index is 0.377. The molecule has 0 amide bonds. The highest BCUT2D eigenvalue weighted by Gasteiger charge is 2.08. The van der Waals surface area contributed by atoms with Crippen molar-refractivity contribution < 1.29 is 0 Å². The number of hydrogen-bond acceptors (Lipinski definition) is 4. The topological polar surface area (TPSA) is 41.9 Å². The number of anilines is 1. The van der Waals surface area contributed by atoms with E-state index in [0.29, 0.717) is 5.88 Å². The van der Waals surface area contributed by atoms with E-state index in [4.69, 9.17) is 11.6 Å². The molecule has 0 radical (unpaired) electrons. The van der Waals surface area contributed by atoms with Crippen LogP contribution in [0.1, 0.15) is 18.3 Å². The molecule has 0 aliphatic heterocycles. The second-order valence-electron chi connectivity index (χ2n) is 3.84. The highest BCUT2D eigenvalue weighted by atomic mass is 35.5. The molecule has 0 spiro atoms. The van der Waals surface area contributed by atoms with E-state index in [1.54, 1.807) is 18.6 Å². The third-order valence-corrected chi connectivity index (χ3v) is 2.87. The standard InChI is InChI=1S/C13H15ClN4/c1-2-18(10-11-5-3-4-6-16-11)13-9-15-8-12(7-14)17-13/h3-6,8-9H,2,7,10H2,1H3. The first-order chi connectivity index (χ1) is 8.83. The maximum atomic E-state index is 5.77. The molecular formula is C13H15ClN4. The van der Waals surface area contributed by atoms with Crippen molar-refractivity contribution in [2.75, 3.05) is 11.4 Å². The fraction of sp³-hybridized carbons (Fsp3) is 0.308. The van der Waals surface area contributed by atoms with E-state index < -0.39 is 0 Å². The van der Waals surface area contributed by atoms with Crippen molar-refractivity contribution in [3.05, 3.63) is 48.2 Å². The zero-order valence-electron chi connectivity index (χ0n) is 10.3. The molecule has 0 atom stereocenters. The van der Waals surface area contributed by atoms with E-state index in [-0.39, 0.29) is 0 Å². The minimum Gasteiger partial charge on any atom is -0.350 e. The van der Waals surface area contributed by atoms with Gasteiger partial charge in [-0.3, -0.25) is 9.97 Å². The van der Waals surface area contributed by atoms with Crippen LogP contribution in [0.5, 0.6) is 0 Å². The molecule has 5 heteroatoms. The Morgan fingerprint density at radius 2 is 2.11 bits per heavy atom. The van der Waals surface area contributed by atoms with Crippen LogP contribution in [0, 0.1) is 0 Å². The van der Waals surface area contributed by atoms with E-state index in [2.05, 4.69) is 26.8 Å². The van der Waals surface area contributed by atoms with Gasteiger partial charge in [0.1, 0.15) is 5.82 Å². The van der Waals surface area contributed by atoms with E-state index in [9.17, 15) is 0 Å². The van der Waals surface area contributed by atoms with Crippen molar-refractivity contribution in [2.45, 2.75) is 19.3 Å². The van der Waals surface area contributed by atoms with Gasteiger partial charge < -0.3 is 4.90 Å². The number of alkyl halides is 1. The fourth-order valence-corrected chi connectivity index (χ4v) is 1.78. The SMILES string of the molecule is CCN(Cc1ccccn1)c1cncc(CCl)n1. The van der Waals surface area contributed by atoms with Crippen LogP contribution in [0.25, 0.3) is 0 Å². The number of nitrogens with zero attached hydrogens (tertiary/aromatic N) is 4. The summed E-state index contributed by atoms with van der Waals surface area (Å²) >= 11 is 5.77. The summed E-state index contributed by atoms with van der Waals surface area (Å²) in [6.45, 7) is 3.65. The van der Waals surface area contributed by atoms with Gasteiger partial charge in [-0.2, -0.15) is 0 Å². The van der Waals surface area contributed by atoms with Gasteiger partial charge in [0.15, 0.2) is 0 Å². The minimum absolute atomic E-state index is 0.377. The number of aromatic nitrogens is 3. The number of rotatable bonds is 5. The third kappa shape index (κ3) is 3.17. The molecule has 0 bridgehead atoms. The lowest BCUT2D eigenvalue weighted by atomic mass is 10.3. The summed E-state index contributed by atoms with van der Waals surface area (Å²) in [5, 5.41) is 0. The normalized spacial score (nSPS) is 10.3. The van der Waals surface area contributed by atoms with Gasteiger partial charge in [-0.05, 0) is 19.1 Å². The molecule has 2 aromatic heterocycles. The van der Waals surface area contributed by atoms with E-state index in [0.717, 1.165) is 30.3 Å². The highest BCUT2D eigenvalue weighted by molar-refractivity contribution is 6.16. The zero-order valence-corrected chi connectivity index (χ0v) is 11.0. The van der Waals surface area contributed by atoms with Crippen molar-refractivity contribution in [1.29, 1.82) is 0 Å². The van der Waals surface area contributed by atoms with Crippen LogP contribution in [-0.2, 0) is 12.4 Å². The van der Waals surface area contributed by atoms with Crippen LogP contribution in [0.3, 0.4) is 0 Å². The Labute approximate surface area is 112 Å². The summed E-state index contributed by atoms with van der Waals surface area (Å²) in [5.41, 5.74) is 1.80. The van der Waals surface area contributed by atoms with Crippen molar-refractivity contribution in [3.8, 4) is 0 Å². The Balaban J connectivity index is 2.17. The quantitative estimate of drug-likeness (QED) is 0.777. The maximum absolute atomic E-state index is 5.77. The second kappa shape index (κ2) is 6.31. The smallest absolute Gasteiger partial charge is 0.147 e. The number of pyridine rings is 1. The molecule has 0 saturated heterocycles. The predicted molar refractivity (Wildman–Crippen MR) is 72.6 cm³/mol. The Kier molecular flexibility index (Phi) is 4.47. The summed E-state index contributed by atoms with van der Waals surface area (Å²) in [5.74, 6) is 1.21. The van der Waals surface area contributed by atoms with Crippen LogP contribution < -0.4 is 4.90 Å². The van der Waals surface area contributed by atoms with Gasteiger partial charge in [0.25, 0.3) is 0 Å². The molecule has 0 unspecified atom stereocenters. The molecule has 94 valence electrons. The van der Waals surface area contributed by atoms with Gasteiger partial charge >= 0.3 is 0 Å². The maximum Gasteiger partial charge on any atom is 0.147 e. The van der Waals surface area contributed by atoms with Gasteiger partial charge in [-0.15, -0.1) is 11.6 Å². The predicted octanol–water partition coefficient (Wildman–Crippen LogP) is 2.64. The summed E-state index contributed by atoms with van der Waals surface area (Å²) < 4.78 is 0. The molecule has 0 aliphatic carbocycles. The molecule has 0 aromatic carbocycles. The van der Waals surface area contributed by atoms with Crippen molar-refractivity contribution in [1.82, 2.24) is 15.0 Å². The molecule has 0 saturated carbocycles. The van der Waals surface area contributed by atoms with Gasteiger partial charge in [-0.25, -0.2) is 4.98 Å².